The van der Waals surface area contributed by atoms with Crippen LogP contribution >= 0.6 is 11.6 Å². The predicted octanol–water partition coefficient (Wildman–Crippen LogP) is 1.69. The van der Waals surface area contributed by atoms with Gasteiger partial charge >= 0.3 is 5.91 Å². The van der Waals surface area contributed by atoms with Crippen LogP contribution in [0.1, 0.15) is 17.5 Å². The molecule has 2 aromatic carbocycles. The summed E-state index contributed by atoms with van der Waals surface area (Å²) in [5.41, 5.74) is -1.87. The van der Waals surface area contributed by atoms with Crippen LogP contribution in [0.4, 0.5) is 0 Å². The molecule has 5 N–H and O–H groups in total. The number of Topliss-reactive ketones (excluding diaryl/α,β-unsaturated/α-hetero) is 1. The number of aromatic hydroxyl groups is 3. The number of amides is 1. The molecule has 8 nitrogen and oxygen atoms in total. The molecule has 0 spiro atoms. The minimum Gasteiger partial charge on any atom is -0.504 e. The molecule has 0 aromatic heterocycles. The van der Waals surface area contributed by atoms with Crippen molar-refractivity contribution >= 4 is 23.3 Å². The molecule has 0 radical (unpaired) electrons. The van der Waals surface area contributed by atoms with Gasteiger partial charge in [-0.05, 0) is 29.8 Å². The molecule has 1 atom stereocenters. The van der Waals surface area contributed by atoms with Crippen molar-refractivity contribution in [1.29, 1.82) is 0 Å². The van der Waals surface area contributed by atoms with E-state index in [1.807, 2.05) is 0 Å². The number of aliphatic hydroxyl groups is 1. The number of hydrogen-bond acceptors (Lipinski definition) is 7. The molecular formula is C18H18ClNO7. The number of halogens is 1. The van der Waals surface area contributed by atoms with Crippen molar-refractivity contribution in [3.8, 4) is 17.2 Å². The largest absolute Gasteiger partial charge is 0.504 e. The second kappa shape index (κ2) is 7.83. The Labute approximate surface area is 159 Å². The standard InChI is InChI=1S/C18H18ClNO7/c1-20(27)17(25)14(22)9-18(26,8-10-2-4-11(19)5-3-10)12-6-7-13(21)16(24)15(12)23/h2-7,21,23-24,26-27H,8-9H2,1H3/t18-/m1/s1. The van der Waals surface area contributed by atoms with E-state index in [4.69, 9.17) is 16.8 Å². The number of phenolic OH excluding ortho intramolecular Hbond substituents is 3. The van der Waals surface area contributed by atoms with E-state index in [-0.39, 0.29) is 17.0 Å². The fourth-order valence-electron chi connectivity index (χ4n) is 2.66. The summed E-state index contributed by atoms with van der Waals surface area (Å²) in [6.07, 6.45) is -1.02. The van der Waals surface area contributed by atoms with E-state index < -0.39 is 41.0 Å². The van der Waals surface area contributed by atoms with Crippen molar-refractivity contribution in [3.05, 3.63) is 52.5 Å². The topological polar surface area (TPSA) is 139 Å². The number of carbonyl (C=O) groups is 2. The highest BCUT2D eigenvalue weighted by atomic mass is 35.5. The number of likely N-dealkylation sites (N-methyl/N-ethyl adjacent to an activating group) is 1. The SMILES string of the molecule is CN(O)C(=O)C(=O)C[C@](O)(Cc1ccc(Cl)cc1)c1ccc(O)c(O)c1O. The number of carbonyl (C=O) groups excluding carboxylic acids is 2. The number of benzene rings is 2. The molecule has 1 amide bonds. The summed E-state index contributed by atoms with van der Waals surface area (Å²) in [6, 6.07) is 8.42. The number of ketones is 1. The average molecular weight is 396 g/mol. The maximum absolute atomic E-state index is 12.2. The van der Waals surface area contributed by atoms with Gasteiger partial charge in [-0.3, -0.25) is 14.8 Å². The van der Waals surface area contributed by atoms with Crippen LogP contribution in [-0.4, -0.2) is 49.4 Å². The molecule has 2 rings (SSSR count). The first kappa shape index (κ1) is 20.5. The second-order valence-electron chi connectivity index (χ2n) is 6.09. The van der Waals surface area contributed by atoms with Crippen molar-refractivity contribution in [1.82, 2.24) is 5.06 Å². The molecule has 144 valence electrons. The Morgan fingerprint density at radius 3 is 2.19 bits per heavy atom. The number of nitrogens with zero attached hydrogens (tertiary/aromatic N) is 1. The van der Waals surface area contributed by atoms with Gasteiger partial charge in [-0.25, -0.2) is 5.06 Å². The lowest BCUT2D eigenvalue weighted by Gasteiger charge is -2.29. The first-order chi connectivity index (χ1) is 12.5. The van der Waals surface area contributed by atoms with Gasteiger partial charge in [-0.1, -0.05) is 23.7 Å². The van der Waals surface area contributed by atoms with E-state index in [1.165, 1.54) is 0 Å². The molecule has 0 fully saturated rings. The Bertz CT molecular complexity index is 867. The van der Waals surface area contributed by atoms with Gasteiger partial charge in [-0.15, -0.1) is 0 Å². The van der Waals surface area contributed by atoms with E-state index in [2.05, 4.69) is 0 Å². The molecule has 0 heterocycles. The maximum atomic E-state index is 12.2. The van der Waals surface area contributed by atoms with Crippen molar-refractivity contribution < 1.29 is 35.2 Å². The monoisotopic (exact) mass is 395 g/mol. The zero-order valence-electron chi connectivity index (χ0n) is 14.3. The Morgan fingerprint density at radius 1 is 1.04 bits per heavy atom. The molecule has 0 unspecified atom stereocenters. The lowest BCUT2D eigenvalue weighted by molar-refractivity contribution is -0.167. The van der Waals surface area contributed by atoms with Crippen LogP contribution in [0, 0.1) is 0 Å². The van der Waals surface area contributed by atoms with E-state index in [9.17, 15) is 30.0 Å². The van der Waals surface area contributed by atoms with Crippen LogP contribution < -0.4 is 0 Å². The highest BCUT2D eigenvalue weighted by Gasteiger charge is 2.38. The summed E-state index contributed by atoms with van der Waals surface area (Å²) in [7, 11) is 0.961. The third-order valence-corrected chi connectivity index (χ3v) is 4.28. The van der Waals surface area contributed by atoms with E-state index >= 15 is 0 Å². The molecule has 0 saturated heterocycles. The van der Waals surface area contributed by atoms with Gasteiger partial charge in [0.15, 0.2) is 11.5 Å². The minimum atomic E-state index is -2.12. The lowest BCUT2D eigenvalue weighted by atomic mass is 9.82. The van der Waals surface area contributed by atoms with E-state index in [1.54, 1.807) is 24.3 Å². The number of hydrogen-bond donors (Lipinski definition) is 5. The summed E-state index contributed by atoms with van der Waals surface area (Å²) in [4.78, 5) is 23.9. The maximum Gasteiger partial charge on any atom is 0.313 e. The summed E-state index contributed by atoms with van der Waals surface area (Å²) in [5.74, 6) is -4.71. The predicted molar refractivity (Wildman–Crippen MR) is 94.7 cm³/mol. The van der Waals surface area contributed by atoms with Crippen LogP contribution in [0.5, 0.6) is 17.2 Å². The van der Waals surface area contributed by atoms with Gasteiger partial charge in [-0.2, -0.15) is 0 Å². The molecule has 9 heteroatoms. The van der Waals surface area contributed by atoms with Gasteiger partial charge in [0, 0.05) is 30.5 Å². The quantitative estimate of drug-likeness (QED) is 0.217. The fourth-order valence-corrected chi connectivity index (χ4v) is 2.79. The summed E-state index contributed by atoms with van der Waals surface area (Å²) in [5, 5.41) is 50.2. The van der Waals surface area contributed by atoms with Crippen LogP contribution in [-0.2, 0) is 21.6 Å². The zero-order chi connectivity index (χ0) is 20.4. The zero-order valence-corrected chi connectivity index (χ0v) is 15.0. The van der Waals surface area contributed by atoms with Gasteiger partial charge < -0.3 is 20.4 Å². The molecule has 2 aromatic rings. The normalized spacial score (nSPS) is 13.0. The highest BCUT2D eigenvalue weighted by Crippen LogP contribution is 2.44. The van der Waals surface area contributed by atoms with E-state index in [0.717, 1.165) is 19.2 Å². The van der Waals surface area contributed by atoms with Crippen LogP contribution in [0.3, 0.4) is 0 Å². The molecule has 0 aliphatic heterocycles. The van der Waals surface area contributed by atoms with Crippen molar-refractivity contribution in [2.75, 3.05) is 7.05 Å². The number of rotatable bonds is 6. The smallest absolute Gasteiger partial charge is 0.313 e. The number of hydroxylamine groups is 2. The van der Waals surface area contributed by atoms with Gasteiger partial charge in [0.2, 0.25) is 11.5 Å². The Balaban J connectivity index is 2.50. The average Bonchev–Trinajstić information content (AvgIpc) is 2.60. The fraction of sp³-hybridized carbons (Fsp3) is 0.222. The van der Waals surface area contributed by atoms with Crippen LogP contribution in [0.25, 0.3) is 0 Å². The van der Waals surface area contributed by atoms with Crippen LogP contribution in [0.2, 0.25) is 5.02 Å². The first-order valence-electron chi connectivity index (χ1n) is 7.76. The van der Waals surface area contributed by atoms with Crippen molar-refractivity contribution in [2.24, 2.45) is 0 Å². The van der Waals surface area contributed by atoms with Crippen LogP contribution in [0.15, 0.2) is 36.4 Å². The minimum absolute atomic E-state index is 0.0825. The third kappa shape index (κ3) is 4.48. The number of phenols is 3. The van der Waals surface area contributed by atoms with Gasteiger partial charge in [0.05, 0.1) is 0 Å². The van der Waals surface area contributed by atoms with E-state index in [0.29, 0.717) is 10.6 Å². The Morgan fingerprint density at radius 2 is 1.63 bits per heavy atom. The van der Waals surface area contributed by atoms with Crippen molar-refractivity contribution in [3.63, 3.8) is 0 Å². The lowest BCUT2D eigenvalue weighted by Crippen LogP contribution is -2.38. The highest BCUT2D eigenvalue weighted by molar-refractivity contribution is 6.35. The third-order valence-electron chi connectivity index (χ3n) is 4.03. The van der Waals surface area contributed by atoms with Gasteiger partial charge in [0.1, 0.15) is 5.60 Å². The molecule has 0 aliphatic rings. The molecular weight excluding hydrogens is 378 g/mol. The summed E-state index contributed by atoms with van der Waals surface area (Å²) < 4.78 is 0. The second-order valence-corrected chi connectivity index (χ2v) is 6.53. The molecule has 0 aliphatic carbocycles. The summed E-state index contributed by atoms with van der Waals surface area (Å²) in [6.45, 7) is 0. The van der Waals surface area contributed by atoms with Gasteiger partial charge in [0.25, 0.3) is 0 Å². The summed E-state index contributed by atoms with van der Waals surface area (Å²) >= 11 is 5.83. The molecule has 27 heavy (non-hydrogen) atoms. The van der Waals surface area contributed by atoms with Crippen molar-refractivity contribution in [2.45, 2.75) is 18.4 Å². The molecule has 0 saturated carbocycles. The molecule has 0 bridgehead atoms. The Kier molecular flexibility index (Phi) is 5.94. The Hall–Kier alpha value is -2.81. The first-order valence-corrected chi connectivity index (χ1v) is 8.14.